The molecule has 2 aromatic carbocycles. The highest BCUT2D eigenvalue weighted by Gasteiger charge is 2.11. The number of hydrogen-bond acceptors (Lipinski definition) is 4. The van der Waals surface area contributed by atoms with Crippen molar-refractivity contribution in [1.82, 2.24) is 10.6 Å². The van der Waals surface area contributed by atoms with Crippen LogP contribution in [0.2, 0.25) is 0 Å². The topological polar surface area (TPSA) is 79.8 Å². The molecule has 0 saturated heterocycles. The molecule has 0 atom stereocenters. The second kappa shape index (κ2) is 11.3. The molecule has 7 heteroatoms. The molecule has 2 N–H and O–H groups in total. The summed E-state index contributed by atoms with van der Waals surface area (Å²) < 4.78 is 29.6. The summed E-state index contributed by atoms with van der Waals surface area (Å²) in [7, 11) is 0.247. The fourth-order valence-corrected chi connectivity index (χ4v) is 4.17. The molecule has 0 aliphatic carbocycles. The number of sulfone groups is 1. The van der Waals surface area contributed by atoms with Crippen molar-refractivity contribution in [3.05, 3.63) is 65.7 Å². The van der Waals surface area contributed by atoms with E-state index in [2.05, 4.69) is 15.6 Å². The van der Waals surface area contributed by atoms with Crippen LogP contribution in [0, 0.1) is 0 Å². The average molecular weight is 404 g/mol. The molecule has 2 aromatic rings. The Bertz CT molecular complexity index is 835. The molecule has 0 aliphatic heterocycles. The molecule has 0 fully saturated rings. The lowest BCUT2D eigenvalue weighted by molar-refractivity contribution is 0.414. The predicted molar refractivity (Wildman–Crippen MR) is 115 cm³/mol. The van der Waals surface area contributed by atoms with Gasteiger partial charge in [-0.15, -0.1) is 0 Å². The fraction of sp³-hybridized carbons (Fsp3) is 0.381. The van der Waals surface area contributed by atoms with Crippen LogP contribution in [-0.2, 0) is 22.0 Å². The molecule has 0 bridgehead atoms. The van der Waals surface area contributed by atoms with Crippen LogP contribution in [0.4, 0.5) is 0 Å². The van der Waals surface area contributed by atoms with Crippen molar-refractivity contribution in [2.24, 2.45) is 4.99 Å². The maximum absolute atomic E-state index is 12.2. The second-order valence-corrected chi connectivity index (χ2v) is 8.64. The highest BCUT2D eigenvalue weighted by Crippen LogP contribution is 2.11. The van der Waals surface area contributed by atoms with Gasteiger partial charge < -0.3 is 15.4 Å². The zero-order valence-corrected chi connectivity index (χ0v) is 17.3. The lowest BCUT2D eigenvalue weighted by Crippen LogP contribution is -2.39. The van der Waals surface area contributed by atoms with Gasteiger partial charge in [0.15, 0.2) is 15.8 Å². The molecule has 0 aromatic heterocycles. The maximum atomic E-state index is 12.2. The Morgan fingerprint density at radius 2 is 1.64 bits per heavy atom. The average Bonchev–Trinajstić information content (AvgIpc) is 2.70. The van der Waals surface area contributed by atoms with Crippen molar-refractivity contribution in [2.45, 2.75) is 18.6 Å². The van der Waals surface area contributed by atoms with Crippen LogP contribution >= 0.6 is 0 Å². The molecule has 0 unspecified atom stereocenters. The lowest BCUT2D eigenvalue weighted by atomic mass is 10.1. The summed E-state index contributed by atoms with van der Waals surface area (Å²) in [6, 6.07) is 17.2. The summed E-state index contributed by atoms with van der Waals surface area (Å²) >= 11 is 0. The van der Waals surface area contributed by atoms with Crippen LogP contribution in [0.25, 0.3) is 0 Å². The third kappa shape index (κ3) is 8.00. The maximum Gasteiger partial charge on any atom is 0.190 e. The van der Waals surface area contributed by atoms with Gasteiger partial charge in [-0.2, -0.15) is 0 Å². The van der Waals surface area contributed by atoms with Crippen LogP contribution in [0.15, 0.2) is 59.6 Å². The first-order valence-electron chi connectivity index (χ1n) is 9.34. The number of benzene rings is 2. The quantitative estimate of drug-likeness (QED) is 0.362. The Labute approximate surface area is 168 Å². The number of methoxy groups -OCH3 is 1. The van der Waals surface area contributed by atoms with Crippen molar-refractivity contribution in [3.63, 3.8) is 0 Å². The van der Waals surface area contributed by atoms with E-state index in [0.29, 0.717) is 18.9 Å². The molecule has 0 aliphatic rings. The summed E-state index contributed by atoms with van der Waals surface area (Å²) in [4.78, 5) is 4.17. The van der Waals surface area contributed by atoms with E-state index in [4.69, 9.17) is 4.74 Å². The van der Waals surface area contributed by atoms with Crippen LogP contribution in [0.3, 0.4) is 0 Å². The lowest BCUT2D eigenvalue weighted by Gasteiger charge is -2.12. The van der Waals surface area contributed by atoms with E-state index in [1.807, 2.05) is 54.6 Å². The van der Waals surface area contributed by atoms with Crippen molar-refractivity contribution in [2.75, 3.05) is 33.0 Å². The molecular formula is C21H29N3O3S. The summed E-state index contributed by atoms with van der Waals surface area (Å²) in [6.07, 6.45) is 1.39. The minimum Gasteiger partial charge on any atom is -0.497 e. The van der Waals surface area contributed by atoms with Gasteiger partial charge in [0, 0.05) is 20.1 Å². The van der Waals surface area contributed by atoms with E-state index in [1.165, 1.54) is 5.56 Å². The van der Waals surface area contributed by atoms with Gasteiger partial charge in [0.2, 0.25) is 0 Å². The van der Waals surface area contributed by atoms with Crippen LogP contribution < -0.4 is 15.4 Å². The van der Waals surface area contributed by atoms with Gasteiger partial charge in [-0.3, -0.25) is 4.99 Å². The highest BCUT2D eigenvalue weighted by molar-refractivity contribution is 7.90. The number of nitrogens with one attached hydrogen (secondary N) is 2. The van der Waals surface area contributed by atoms with E-state index < -0.39 is 9.84 Å². The predicted octanol–water partition coefficient (Wildman–Crippen LogP) is 2.41. The summed E-state index contributed by atoms with van der Waals surface area (Å²) in [5.74, 6) is 1.76. The van der Waals surface area contributed by atoms with Crippen molar-refractivity contribution in [1.29, 1.82) is 0 Å². The third-order valence-electron chi connectivity index (χ3n) is 4.24. The van der Waals surface area contributed by atoms with Gasteiger partial charge in [-0.05, 0) is 36.1 Å². The van der Waals surface area contributed by atoms with Crippen LogP contribution in [0.1, 0.15) is 17.5 Å². The molecule has 6 nitrogen and oxygen atoms in total. The number of nitrogens with zero attached hydrogens (tertiary/aromatic N) is 1. The van der Waals surface area contributed by atoms with E-state index in [0.717, 1.165) is 24.3 Å². The molecule has 0 amide bonds. The van der Waals surface area contributed by atoms with Gasteiger partial charge in [-0.1, -0.05) is 42.5 Å². The normalized spacial score (nSPS) is 11.9. The van der Waals surface area contributed by atoms with Crippen molar-refractivity contribution >= 4 is 15.8 Å². The fourth-order valence-electron chi connectivity index (χ4n) is 2.74. The molecule has 28 heavy (non-hydrogen) atoms. The van der Waals surface area contributed by atoms with Crippen molar-refractivity contribution < 1.29 is 13.2 Å². The van der Waals surface area contributed by atoms with E-state index in [1.54, 1.807) is 14.2 Å². The van der Waals surface area contributed by atoms with E-state index in [9.17, 15) is 8.42 Å². The molecule has 2 rings (SSSR count). The SMILES string of the molecule is CN=C(NCCCS(=O)(=O)Cc1ccccc1)NCCc1ccc(OC)cc1. The molecule has 0 radical (unpaired) electrons. The molecule has 0 spiro atoms. The first-order chi connectivity index (χ1) is 13.5. The number of hydrogen-bond donors (Lipinski definition) is 2. The minimum atomic E-state index is -3.11. The Balaban J connectivity index is 1.66. The number of rotatable bonds is 10. The number of ether oxygens (including phenoxy) is 1. The first-order valence-corrected chi connectivity index (χ1v) is 11.2. The largest absolute Gasteiger partial charge is 0.497 e. The Hall–Kier alpha value is -2.54. The summed E-state index contributed by atoms with van der Waals surface area (Å²) in [5.41, 5.74) is 2.03. The minimum absolute atomic E-state index is 0.0860. The van der Waals surface area contributed by atoms with Gasteiger partial charge in [0.05, 0.1) is 18.6 Å². The molecule has 0 saturated carbocycles. The molecule has 152 valence electrons. The molecule has 0 heterocycles. The Morgan fingerprint density at radius 3 is 2.29 bits per heavy atom. The van der Waals surface area contributed by atoms with Gasteiger partial charge >= 0.3 is 0 Å². The third-order valence-corrected chi connectivity index (χ3v) is 5.93. The highest BCUT2D eigenvalue weighted by atomic mass is 32.2. The van der Waals surface area contributed by atoms with Gasteiger partial charge in [0.25, 0.3) is 0 Å². The molecular weight excluding hydrogens is 374 g/mol. The Kier molecular flexibility index (Phi) is 8.81. The van der Waals surface area contributed by atoms with E-state index in [-0.39, 0.29) is 11.5 Å². The van der Waals surface area contributed by atoms with Crippen molar-refractivity contribution in [3.8, 4) is 5.75 Å². The number of aliphatic imine (C=N–C) groups is 1. The summed E-state index contributed by atoms with van der Waals surface area (Å²) in [6.45, 7) is 1.29. The second-order valence-electron chi connectivity index (χ2n) is 6.46. The summed E-state index contributed by atoms with van der Waals surface area (Å²) in [5, 5.41) is 6.41. The Morgan fingerprint density at radius 1 is 0.964 bits per heavy atom. The standard InChI is InChI=1S/C21H29N3O3S/c1-22-21(24-15-13-18-9-11-20(27-2)12-10-18)23-14-6-16-28(25,26)17-19-7-4-3-5-8-19/h3-5,7-12H,6,13-17H2,1-2H3,(H2,22,23,24). The first kappa shape index (κ1) is 21.8. The van der Waals surface area contributed by atoms with Crippen LogP contribution in [0.5, 0.6) is 5.75 Å². The van der Waals surface area contributed by atoms with Crippen LogP contribution in [-0.4, -0.2) is 47.4 Å². The zero-order chi connectivity index (χ0) is 20.2. The number of guanidine groups is 1. The van der Waals surface area contributed by atoms with Gasteiger partial charge in [0.1, 0.15) is 5.75 Å². The zero-order valence-electron chi connectivity index (χ0n) is 16.5. The van der Waals surface area contributed by atoms with Gasteiger partial charge in [-0.25, -0.2) is 8.42 Å². The smallest absolute Gasteiger partial charge is 0.190 e. The van der Waals surface area contributed by atoms with E-state index >= 15 is 0 Å². The monoisotopic (exact) mass is 403 g/mol.